The molecule has 1 aliphatic carbocycles. The summed E-state index contributed by atoms with van der Waals surface area (Å²) in [5.74, 6) is 0. The molecule has 3 aromatic rings. The molecule has 0 bridgehead atoms. The van der Waals surface area contributed by atoms with Gasteiger partial charge in [0.25, 0.3) is 0 Å². The van der Waals surface area contributed by atoms with Gasteiger partial charge in [-0.3, -0.25) is 4.90 Å². The number of para-hydroxylation sites is 1. The average Bonchev–Trinajstić information content (AvgIpc) is 2.78. The maximum atomic E-state index is 3.59. The lowest BCUT2D eigenvalue weighted by atomic mass is 9.97. The topological polar surface area (TPSA) is 27.3 Å². The molecule has 0 spiro atoms. The molecular formula is C26H22ClN3. The van der Waals surface area contributed by atoms with Crippen molar-refractivity contribution in [1.82, 2.24) is 0 Å². The van der Waals surface area contributed by atoms with Crippen LogP contribution in [0.4, 0.5) is 22.7 Å². The summed E-state index contributed by atoms with van der Waals surface area (Å²) in [4.78, 5) is 2.30. The zero-order valence-electron chi connectivity index (χ0n) is 16.7. The van der Waals surface area contributed by atoms with Gasteiger partial charge in [0.2, 0.25) is 5.70 Å². The molecule has 0 fully saturated rings. The van der Waals surface area contributed by atoms with Crippen molar-refractivity contribution in [3.05, 3.63) is 114 Å². The predicted octanol–water partition coefficient (Wildman–Crippen LogP) is 3.35. The van der Waals surface area contributed by atoms with E-state index in [4.69, 9.17) is 0 Å². The highest BCUT2D eigenvalue weighted by Gasteiger charge is 2.33. The molecule has 5 rings (SSSR count). The van der Waals surface area contributed by atoms with Crippen LogP contribution in [0.2, 0.25) is 0 Å². The Balaban J connectivity index is 0.00000218. The van der Waals surface area contributed by atoms with Crippen LogP contribution in [0.15, 0.2) is 102 Å². The van der Waals surface area contributed by atoms with Gasteiger partial charge in [-0.15, -0.1) is 0 Å². The van der Waals surface area contributed by atoms with Crippen molar-refractivity contribution < 1.29 is 12.4 Å². The molecule has 148 valence electrons. The number of anilines is 4. The Bertz CT molecular complexity index is 1130. The van der Waals surface area contributed by atoms with Crippen LogP contribution in [-0.4, -0.2) is 6.54 Å². The molecule has 0 amide bonds. The lowest BCUT2D eigenvalue weighted by molar-refractivity contribution is -0.00000555. The lowest BCUT2D eigenvalue weighted by Crippen LogP contribution is -3.00. The van der Waals surface area contributed by atoms with Gasteiger partial charge in [-0.05, 0) is 49.4 Å². The number of rotatable bonds is 4. The van der Waals surface area contributed by atoms with Crippen LogP contribution < -0.4 is 27.9 Å². The predicted molar refractivity (Wildman–Crippen MR) is 122 cm³/mol. The Morgan fingerprint density at radius 3 is 2.37 bits per heavy atom. The quantitative estimate of drug-likeness (QED) is 0.645. The van der Waals surface area contributed by atoms with Crippen molar-refractivity contribution in [2.45, 2.75) is 6.92 Å². The van der Waals surface area contributed by atoms with Crippen molar-refractivity contribution in [2.24, 2.45) is 0 Å². The lowest BCUT2D eigenvalue weighted by Gasteiger charge is -2.33. The smallest absolute Gasteiger partial charge is 0.202 e. The van der Waals surface area contributed by atoms with Crippen molar-refractivity contribution in [2.75, 3.05) is 22.1 Å². The van der Waals surface area contributed by atoms with E-state index in [0.717, 1.165) is 51.8 Å². The van der Waals surface area contributed by atoms with Gasteiger partial charge in [0, 0.05) is 24.4 Å². The fourth-order valence-electron chi connectivity index (χ4n) is 3.81. The molecule has 30 heavy (non-hydrogen) atoms. The third kappa shape index (κ3) is 3.57. The Morgan fingerprint density at radius 1 is 0.900 bits per heavy atom. The van der Waals surface area contributed by atoms with Crippen LogP contribution in [0.25, 0.3) is 5.57 Å². The highest BCUT2D eigenvalue weighted by Crippen LogP contribution is 2.45. The molecule has 0 aromatic heterocycles. The molecule has 1 heterocycles. The summed E-state index contributed by atoms with van der Waals surface area (Å²) >= 11 is 0. The molecule has 0 radical (unpaired) electrons. The summed E-state index contributed by atoms with van der Waals surface area (Å²) in [7, 11) is 0. The number of halogens is 1. The summed E-state index contributed by atoms with van der Waals surface area (Å²) in [5, 5.41) is 7.02. The molecule has 1 aliphatic heterocycles. The van der Waals surface area contributed by atoms with Crippen LogP contribution >= 0.6 is 0 Å². The van der Waals surface area contributed by atoms with E-state index in [2.05, 4.69) is 107 Å². The second-order valence-corrected chi connectivity index (χ2v) is 7.06. The standard InChI is InChI=1S/C26H22N3.ClH/c1-2-27-21-14-15-23-26(18-21)29(22-11-7-4-8-12-22)25-16-13-20(17-24(25)28-23)19-9-5-3-6-10-19;/h3-16,18,27-28H,2H2,1H3;1H/q+1;/p-1. The minimum atomic E-state index is 0. The summed E-state index contributed by atoms with van der Waals surface area (Å²) in [6, 6.07) is 27.3. The first-order chi connectivity index (χ1) is 14.3. The highest BCUT2D eigenvalue weighted by atomic mass is 35.5. The van der Waals surface area contributed by atoms with E-state index < -0.39 is 0 Å². The largest absolute Gasteiger partial charge is 1.00 e. The number of benzene rings is 3. The average molecular weight is 412 g/mol. The first kappa shape index (κ1) is 19.8. The van der Waals surface area contributed by atoms with Gasteiger partial charge in [-0.25, -0.2) is 0 Å². The maximum absolute atomic E-state index is 3.59. The number of nitrogens with one attached hydrogen (secondary N) is 2. The van der Waals surface area contributed by atoms with Crippen molar-refractivity contribution in [3.63, 3.8) is 0 Å². The second kappa shape index (κ2) is 8.46. The van der Waals surface area contributed by atoms with Gasteiger partial charge in [-0.1, -0.05) is 36.4 Å². The normalized spacial score (nSPS) is 13.9. The van der Waals surface area contributed by atoms with E-state index in [1.165, 1.54) is 0 Å². The Kier molecular flexibility index (Phi) is 5.58. The van der Waals surface area contributed by atoms with Gasteiger partial charge < -0.3 is 23.0 Å². The first-order valence-electron chi connectivity index (χ1n) is 9.95. The zero-order chi connectivity index (χ0) is 19.6. The van der Waals surface area contributed by atoms with Crippen LogP contribution in [0.1, 0.15) is 12.5 Å². The molecule has 0 atom stereocenters. The van der Waals surface area contributed by atoms with Crippen LogP contribution in [0.3, 0.4) is 0 Å². The first-order valence-corrected chi connectivity index (χ1v) is 9.95. The van der Waals surface area contributed by atoms with Crippen LogP contribution in [0.5, 0.6) is 0 Å². The van der Waals surface area contributed by atoms with Crippen LogP contribution in [0, 0.1) is 6.08 Å². The number of allylic oxidation sites excluding steroid dienone is 4. The van der Waals surface area contributed by atoms with Gasteiger partial charge >= 0.3 is 0 Å². The molecular weight excluding hydrogens is 390 g/mol. The van der Waals surface area contributed by atoms with Crippen molar-refractivity contribution in [3.8, 4) is 0 Å². The molecule has 3 aromatic carbocycles. The number of fused-ring (bicyclic) bond motifs is 2. The summed E-state index contributed by atoms with van der Waals surface area (Å²) < 4.78 is 0. The van der Waals surface area contributed by atoms with E-state index in [9.17, 15) is 0 Å². The Hall–Kier alpha value is -3.52. The van der Waals surface area contributed by atoms with Crippen molar-refractivity contribution in [1.29, 1.82) is 0 Å². The molecule has 3 nitrogen and oxygen atoms in total. The third-order valence-corrected chi connectivity index (χ3v) is 5.14. The second-order valence-electron chi connectivity index (χ2n) is 7.06. The molecule has 0 saturated heterocycles. The minimum absolute atomic E-state index is 0. The molecule has 0 unspecified atom stereocenters. The molecule has 2 N–H and O–H groups in total. The number of hydrogen-bond acceptors (Lipinski definition) is 3. The monoisotopic (exact) mass is 411 g/mol. The maximum Gasteiger partial charge on any atom is 0.202 e. The Labute approximate surface area is 183 Å². The van der Waals surface area contributed by atoms with Gasteiger partial charge in [0.15, 0.2) is 11.3 Å². The number of hydrogen-bond donors (Lipinski definition) is 2. The van der Waals surface area contributed by atoms with Crippen molar-refractivity contribution >= 4 is 28.3 Å². The summed E-state index contributed by atoms with van der Waals surface area (Å²) in [5.41, 5.74) is 8.77. The zero-order valence-corrected chi connectivity index (χ0v) is 17.4. The van der Waals surface area contributed by atoms with Gasteiger partial charge in [0.1, 0.15) is 0 Å². The highest BCUT2D eigenvalue weighted by molar-refractivity contribution is 5.91. The minimum Gasteiger partial charge on any atom is -1.00 e. The fraction of sp³-hybridized carbons (Fsp3) is 0.0769. The van der Waals surface area contributed by atoms with Gasteiger partial charge in [-0.2, -0.15) is 0 Å². The Morgan fingerprint density at radius 2 is 1.63 bits per heavy atom. The molecule has 2 aliphatic rings. The fourth-order valence-corrected chi connectivity index (χ4v) is 3.81. The van der Waals surface area contributed by atoms with E-state index in [1.54, 1.807) is 0 Å². The molecule has 4 heteroatoms. The van der Waals surface area contributed by atoms with E-state index in [1.807, 2.05) is 12.1 Å². The third-order valence-electron chi connectivity index (χ3n) is 5.14. The van der Waals surface area contributed by atoms with E-state index in [-0.39, 0.29) is 12.4 Å². The SMILES string of the molecule is CCNc1ccc2c(c1)N(c1ccccc1)C1=CC=C(c3ccccc3)[C+]=C1N2.[Cl-]. The van der Waals surface area contributed by atoms with E-state index >= 15 is 0 Å². The summed E-state index contributed by atoms with van der Waals surface area (Å²) in [6.07, 6.45) is 7.91. The number of nitrogens with zero attached hydrogens (tertiary/aromatic N) is 1. The van der Waals surface area contributed by atoms with Crippen LogP contribution in [-0.2, 0) is 0 Å². The van der Waals surface area contributed by atoms with E-state index in [0.29, 0.717) is 0 Å². The summed E-state index contributed by atoms with van der Waals surface area (Å²) in [6.45, 7) is 3.00. The van der Waals surface area contributed by atoms with Gasteiger partial charge in [0.05, 0.1) is 28.7 Å². The molecule has 0 saturated carbocycles.